The van der Waals surface area contributed by atoms with E-state index in [1.54, 1.807) is 10.9 Å². The zero-order valence-electron chi connectivity index (χ0n) is 9.22. The molecule has 88 valence electrons. The lowest BCUT2D eigenvalue weighted by molar-refractivity contribution is 0.0696. The number of hydrogen-bond donors (Lipinski definition) is 1. The summed E-state index contributed by atoms with van der Waals surface area (Å²) < 4.78 is 2.57. The number of aromatic nitrogens is 2. The van der Waals surface area contributed by atoms with Crippen molar-refractivity contribution in [3.05, 3.63) is 46.2 Å². The second-order valence-corrected chi connectivity index (χ2v) is 4.48. The quantitative estimate of drug-likeness (QED) is 0.947. The Morgan fingerprint density at radius 3 is 2.53 bits per heavy atom. The largest absolute Gasteiger partial charge is 0.478 e. The summed E-state index contributed by atoms with van der Waals surface area (Å²) in [5.74, 6) is -0.940. The standard InChI is InChI=1S/C12H11BrN2O2/c1-2-11-10(12(16)17)7-15(14-11)9-5-3-8(13)4-6-9/h3-7H,2H2,1H3,(H,16,17). The van der Waals surface area contributed by atoms with E-state index in [0.717, 1.165) is 10.2 Å². The van der Waals surface area contributed by atoms with Crippen LogP contribution < -0.4 is 0 Å². The molecule has 1 heterocycles. The van der Waals surface area contributed by atoms with Gasteiger partial charge in [-0.1, -0.05) is 22.9 Å². The lowest BCUT2D eigenvalue weighted by Crippen LogP contribution is -1.98. The number of aromatic carboxylic acids is 1. The van der Waals surface area contributed by atoms with Crippen molar-refractivity contribution in [1.82, 2.24) is 9.78 Å². The van der Waals surface area contributed by atoms with Gasteiger partial charge in [-0.2, -0.15) is 5.10 Å². The number of carboxylic acids is 1. The second-order valence-electron chi connectivity index (χ2n) is 3.57. The fourth-order valence-electron chi connectivity index (χ4n) is 1.58. The molecular formula is C12H11BrN2O2. The van der Waals surface area contributed by atoms with Gasteiger partial charge in [0.1, 0.15) is 5.56 Å². The Morgan fingerprint density at radius 2 is 2.06 bits per heavy atom. The highest BCUT2D eigenvalue weighted by Gasteiger charge is 2.14. The zero-order chi connectivity index (χ0) is 12.4. The number of rotatable bonds is 3. The molecule has 0 radical (unpaired) electrons. The zero-order valence-corrected chi connectivity index (χ0v) is 10.8. The number of hydrogen-bond acceptors (Lipinski definition) is 2. The second kappa shape index (κ2) is 4.71. The molecule has 5 heteroatoms. The molecule has 0 amide bonds. The van der Waals surface area contributed by atoms with Crippen molar-refractivity contribution in [1.29, 1.82) is 0 Å². The topological polar surface area (TPSA) is 55.1 Å². The third-order valence-corrected chi connectivity index (χ3v) is 2.98. The van der Waals surface area contributed by atoms with Gasteiger partial charge in [-0.25, -0.2) is 9.48 Å². The SMILES string of the molecule is CCc1nn(-c2ccc(Br)cc2)cc1C(=O)O. The van der Waals surface area contributed by atoms with Crippen LogP contribution in [0, 0.1) is 0 Å². The van der Waals surface area contributed by atoms with E-state index in [0.29, 0.717) is 12.1 Å². The van der Waals surface area contributed by atoms with Crippen molar-refractivity contribution in [2.75, 3.05) is 0 Å². The van der Waals surface area contributed by atoms with Crippen LogP contribution in [0.5, 0.6) is 0 Å². The molecular weight excluding hydrogens is 284 g/mol. The van der Waals surface area contributed by atoms with E-state index < -0.39 is 5.97 Å². The monoisotopic (exact) mass is 294 g/mol. The average molecular weight is 295 g/mol. The van der Waals surface area contributed by atoms with Gasteiger partial charge in [-0.3, -0.25) is 0 Å². The van der Waals surface area contributed by atoms with Gasteiger partial charge < -0.3 is 5.11 Å². The predicted molar refractivity (Wildman–Crippen MR) is 67.6 cm³/mol. The Bertz CT molecular complexity index is 546. The van der Waals surface area contributed by atoms with Crippen LogP contribution in [0.4, 0.5) is 0 Å². The van der Waals surface area contributed by atoms with Gasteiger partial charge in [-0.05, 0) is 30.7 Å². The normalized spacial score (nSPS) is 10.5. The van der Waals surface area contributed by atoms with Crippen molar-refractivity contribution >= 4 is 21.9 Å². The Labute approximate surface area is 107 Å². The van der Waals surface area contributed by atoms with E-state index >= 15 is 0 Å². The summed E-state index contributed by atoms with van der Waals surface area (Å²) in [7, 11) is 0. The number of benzene rings is 1. The highest BCUT2D eigenvalue weighted by atomic mass is 79.9. The Morgan fingerprint density at radius 1 is 1.41 bits per heavy atom. The maximum Gasteiger partial charge on any atom is 0.339 e. The fourth-order valence-corrected chi connectivity index (χ4v) is 1.84. The summed E-state index contributed by atoms with van der Waals surface area (Å²) in [6.07, 6.45) is 2.15. The molecule has 0 unspecified atom stereocenters. The fraction of sp³-hybridized carbons (Fsp3) is 0.167. The minimum absolute atomic E-state index is 0.260. The Hall–Kier alpha value is -1.62. The molecule has 1 N–H and O–H groups in total. The van der Waals surface area contributed by atoms with Crippen molar-refractivity contribution < 1.29 is 9.90 Å². The predicted octanol–water partition coefficient (Wildman–Crippen LogP) is 2.90. The molecule has 0 aliphatic heterocycles. The lowest BCUT2D eigenvalue weighted by Gasteiger charge is -2.00. The molecule has 0 aliphatic rings. The van der Waals surface area contributed by atoms with E-state index in [1.807, 2.05) is 31.2 Å². The van der Waals surface area contributed by atoms with Crippen LogP contribution >= 0.6 is 15.9 Å². The Balaban J connectivity index is 2.46. The first-order valence-corrected chi connectivity index (χ1v) is 5.99. The van der Waals surface area contributed by atoms with Crippen molar-refractivity contribution in [3.63, 3.8) is 0 Å². The van der Waals surface area contributed by atoms with Gasteiger partial charge in [0, 0.05) is 10.7 Å². The van der Waals surface area contributed by atoms with Gasteiger partial charge >= 0.3 is 5.97 Å². The van der Waals surface area contributed by atoms with Crippen LogP contribution in [-0.2, 0) is 6.42 Å². The third-order valence-electron chi connectivity index (χ3n) is 2.45. The summed E-state index contributed by atoms with van der Waals surface area (Å²) in [5, 5.41) is 13.3. The van der Waals surface area contributed by atoms with Crippen LogP contribution in [0.3, 0.4) is 0 Å². The van der Waals surface area contributed by atoms with E-state index in [-0.39, 0.29) is 5.56 Å². The lowest BCUT2D eigenvalue weighted by atomic mass is 10.2. The first kappa shape index (κ1) is 11.9. The molecule has 0 saturated heterocycles. The highest BCUT2D eigenvalue weighted by Crippen LogP contribution is 2.16. The molecule has 1 aromatic heterocycles. The van der Waals surface area contributed by atoms with E-state index in [4.69, 9.17) is 5.11 Å². The Kier molecular flexibility index (Phi) is 3.28. The van der Waals surface area contributed by atoms with E-state index in [2.05, 4.69) is 21.0 Å². The maximum atomic E-state index is 11.0. The number of carbonyl (C=O) groups is 1. The molecule has 0 spiro atoms. The third kappa shape index (κ3) is 2.39. The van der Waals surface area contributed by atoms with Gasteiger partial charge in [0.05, 0.1) is 11.4 Å². The van der Waals surface area contributed by atoms with Crippen LogP contribution in [0.2, 0.25) is 0 Å². The van der Waals surface area contributed by atoms with Gasteiger partial charge in [0.2, 0.25) is 0 Å². The van der Waals surface area contributed by atoms with Gasteiger partial charge in [0.25, 0.3) is 0 Å². The van der Waals surface area contributed by atoms with Crippen molar-refractivity contribution in [3.8, 4) is 5.69 Å². The number of halogens is 1. The number of nitrogens with zero attached hydrogens (tertiary/aromatic N) is 2. The molecule has 0 saturated carbocycles. The van der Waals surface area contributed by atoms with Crippen molar-refractivity contribution in [2.45, 2.75) is 13.3 Å². The first-order valence-electron chi connectivity index (χ1n) is 5.19. The molecule has 0 aliphatic carbocycles. The first-order chi connectivity index (χ1) is 8.11. The molecule has 0 bridgehead atoms. The van der Waals surface area contributed by atoms with E-state index in [9.17, 15) is 4.79 Å². The minimum Gasteiger partial charge on any atom is -0.478 e. The molecule has 0 fully saturated rings. The molecule has 0 atom stereocenters. The summed E-state index contributed by atoms with van der Waals surface area (Å²) in [6.45, 7) is 1.89. The van der Waals surface area contributed by atoms with Crippen molar-refractivity contribution in [2.24, 2.45) is 0 Å². The minimum atomic E-state index is -0.940. The van der Waals surface area contributed by atoms with Gasteiger partial charge in [0.15, 0.2) is 0 Å². The highest BCUT2D eigenvalue weighted by molar-refractivity contribution is 9.10. The van der Waals surface area contributed by atoms with Gasteiger partial charge in [-0.15, -0.1) is 0 Å². The molecule has 2 aromatic rings. The summed E-state index contributed by atoms with van der Waals surface area (Å²) in [4.78, 5) is 11.0. The average Bonchev–Trinajstić information content (AvgIpc) is 2.74. The number of aryl methyl sites for hydroxylation is 1. The molecule has 2 rings (SSSR count). The molecule has 1 aromatic carbocycles. The number of carboxylic acid groups (broad SMARTS) is 1. The van der Waals surface area contributed by atoms with Crippen LogP contribution in [0.1, 0.15) is 23.0 Å². The smallest absolute Gasteiger partial charge is 0.339 e. The maximum absolute atomic E-state index is 11.0. The summed E-state index contributed by atoms with van der Waals surface area (Å²) in [5.41, 5.74) is 1.70. The summed E-state index contributed by atoms with van der Waals surface area (Å²) in [6, 6.07) is 7.54. The van der Waals surface area contributed by atoms with Crippen LogP contribution in [0.25, 0.3) is 5.69 Å². The van der Waals surface area contributed by atoms with Crippen LogP contribution in [-0.4, -0.2) is 20.9 Å². The molecule has 17 heavy (non-hydrogen) atoms. The molecule has 4 nitrogen and oxygen atoms in total. The summed E-state index contributed by atoms with van der Waals surface area (Å²) >= 11 is 3.35. The van der Waals surface area contributed by atoms with Crippen LogP contribution in [0.15, 0.2) is 34.9 Å². The van der Waals surface area contributed by atoms with E-state index in [1.165, 1.54) is 0 Å².